The summed E-state index contributed by atoms with van der Waals surface area (Å²) < 4.78 is 0.815. The summed E-state index contributed by atoms with van der Waals surface area (Å²) in [4.78, 5) is 21.7. The molecule has 3 rings (SSSR count). The van der Waals surface area contributed by atoms with Crippen molar-refractivity contribution in [3.63, 3.8) is 0 Å². The summed E-state index contributed by atoms with van der Waals surface area (Å²) in [6.07, 6.45) is 1.91. The van der Waals surface area contributed by atoms with E-state index in [1.165, 1.54) is 17.4 Å². The Bertz CT molecular complexity index is 939. The van der Waals surface area contributed by atoms with E-state index >= 15 is 0 Å². The van der Waals surface area contributed by atoms with Crippen molar-refractivity contribution in [1.82, 2.24) is 4.90 Å². The van der Waals surface area contributed by atoms with E-state index in [4.69, 9.17) is 11.6 Å². The maximum absolute atomic E-state index is 12.6. The van der Waals surface area contributed by atoms with Gasteiger partial charge in [0.1, 0.15) is 0 Å². The summed E-state index contributed by atoms with van der Waals surface area (Å²) in [6, 6.07) is 13.7. The van der Waals surface area contributed by atoms with Crippen LogP contribution in [0, 0.1) is 0 Å². The lowest BCUT2D eigenvalue weighted by atomic mass is 10.1. The second kappa shape index (κ2) is 9.16. The molecule has 0 unspecified atom stereocenters. The fraction of sp³-hybridized carbons (Fsp3) is 0.238. The van der Waals surface area contributed by atoms with Gasteiger partial charge in [-0.2, -0.15) is 0 Å². The first-order valence-corrected chi connectivity index (χ1v) is 11.0. The predicted octanol–water partition coefficient (Wildman–Crippen LogP) is 6.18. The number of benzene rings is 2. The van der Waals surface area contributed by atoms with Gasteiger partial charge in [-0.3, -0.25) is 9.69 Å². The molecule has 0 N–H and O–H groups in total. The Balaban J connectivity index is 1.82. The lowest BCUT2D eigenvalue weighted by Crippen LogP contribution is -2.23. The molecule has 4 nitrogen and oxygen atoms in total. The van der Waals surface area contributed by atoms with Gasteiger partial charge in [-0.05, 0) is 83.5 Å². The van der Waals surface area contributed by atoms with Crippen LogP contribution in [0.2, 0.25) is 5.02 Å². The van der Waals surface area contributed by atoms with Crippen LogP contribution in [0.1, 0.15) is 19.4 Å². The van der Waals surface area contributed by atoms with Crippen LogP contribution < -0.4 is 4.90 Å². The number of thioether (sulfide) groups is 1. The molecule has 1 aliphatic rings. The van der Waals surface area contributed by atoms with Crippen LogP contribution >= 0.6 is 39.3 Å². The SMILES string of the molecule is CCN(CC)c1ccc(/C=C2\SC(=Nc3ccc(Br)c(Cl)c3)N(C)C2=O)cc1. The Hall–Kier alpha value is -1.76. The van der Waals surface area contributed by atoms with Gasteiger partial charge in [-0.25, -0.2) is 4.99 Å². The molecule has 1 fully saturated rings. The molecule has 1 saturated heterocycles. The number of likely N-dealkylation sites (N-methyl/N-ethyl adjacent to an activating group) is 1. The van der Waals surface area contributed by atoms with E-state index < -0.39 is 0 Å². The predicted molar refractivity (Wildman–Crippen MR) is 125 cm³/mol. The van der Waals surface area contributed by atoms with Crippen molar-refractivity contribution in [3.05, 3.63) is 62.4 Å². The number of anilines is 1. The highest BCUT2D eigenvalue weighted by molar-refractivity contribution is 9.10. The second-order valence-corrected chi connectivity index (χ2v) is 8.50. The van der Waals surface area contributed by atoms with E-state index in [0.717, 1.165) is 23.1 Å². The molecule has 7 heteroatoms. The minimum Gasteiger partial charge on any atom is -0.372 e. The molecule has 28 heavy (non-hydrogen) atoms. The Kier molecular flexibility index (Phi) is 6.86. The molecule has 2 aromatic rings. The third-order valence-electron chi connectivity index (χ3n) is 4.45. The highest BCUT2D eigenvalue weighted by atomic mass is 79.9. The quantitative estimate of drug-likeness (QED) is 0.481. The normalized spacial score (nSPS) is 17.0. The molecule has 2 aromatic carbocycles. The van der Waals surface area contributed by atoms with Gasteiger partial charge < -0.3 is 4.90 Å². The first kappa shape index (κ1) is 21.0. The maximum atomic E-state index is 12.6. The molecule has 1 heterocycles. The number of hydrogen-bond donors (Lipinski definition) is 0. The highest BCUT2D eigenvalue weighted by Gasteiger charge is 2.30. The Morgan fingerprint density at radius 1 is 1.18 bits per heavy atom. The molecule has 0 aromatic heterocycles. The van der Waals surface area contributed by atoms with Crippen LogP contribution in [0.3, 0.4) is 0 Å². The Morgan fingerprint density at radius 3 is 2.46 bits per heavy atom. The minimum absolute atomic E-state index is 0.0558. The second-order valence-electron chi connectivity index (χ2n) is 6.23. The van der Waals surface area contributed by atoms with Gasteiger partial charge in [-0.1, -0.05) is 23.7 Å². The number of rotatable bonds is 5. The smallest absolute Gasteiger partial charge is 0.266 e. The number of carbonyl (C=O) groups is 1. The zero-order chi connectivity index (χ0) is 20.3. The Labute approximate surface area is 183 Å². The fourth-order valence-electron chi connectivity index (χ4n) is 2.84. The summed E-state index contributed by atoms with van der Waals surface area (Å²) in [7, 11) is 1.74. The number of carbonyl (C=O) groups excluding carboxylic acids is 1. The molecule has 0 bridgehead atoms. The number of aliphatic imine (C=N–C) groups is 1. The van der Waals surface area contributed by atoms with Crippen LogP contribution in [-0.4, -0.2) is 36.1 Å². The zero-order valence-electron chi connectivity index (χ0n) is 15.9. The van der Waals surface area contributed by atoms with Crippen LogP contribution in [0.5, 0.6) is 0 Å². The molecular weight excluding hydrogens is 458 g/mol. The van der Waals surface area contributed by atoms with Crippen molar-refractivity contribution in [2.24, 2.45) is 4.99 Å². The van der Waals surface area contributed by atoms with Gasteiger partial charge >= 0.3 is 0 Å². The van der Waals surface area contributed by atoms with Gasteiger partial charge in [0, 0.05) is 30.3 Å². The number of hydrogen-bond acceptors (Lipinski definition) is 4. The summed E-state index contributed by atoms with van der Waals surface area (Å²) in [5, 5.41) is 1.22. The van der Waals surface area contributed by atoms with Gasteiger partial charge in [0.2, 0.25) is 0 Å². The summed E-state index contributed by atoms with van der Waals surface area (Å²) >= 11 is 10.9. The maximum Gasteiger partial charge on any atom is 0.266 e. The molecule has 1 amide bonds. The molecule has 0 radical (unpaired) electrons. The van der Waals surface area contributed by atoms with Crippen molar-refractivity contribution < 1.29 is 4.79 Å². The van der Waals surface area contributed by atoms with E-state index in [1.807, 2.05) is 30.3 Å². The summed E-state index contributed by atoms with van der Waals surface area (Å²) in [5.41, 5.74) is 2.89. The average Bonchev–Trinajstić information content (AvgIpc) is 2.95. The topological polar surface area (TPSA) is 35.9 Å². The van der Waals surface area contributed by atoms with Gasteiger partial charge in [-0.15, -0.1) is 0 Å². The largest absolute Gasteiger partial charge is 0.372 e. The Morgan fingerprint density at radius 2 is 1.86 bits per heavy atom. The fourth-order valence-corrected chi connectivity index (χ4v) is 4.25. The monoisotopic (exact) mass is 477 g/mol. The molecule has 1 aliphatic heterocycles. The van der Waals surface area contributed by atoms with E-state index in [9.17, 15) is 4.79 Å². The zero-order valence-corrected chi connectivity index (χ0v) is 19.1. The minimum atomic E-state index is -0.0558. The van der Waals surface area contributed by atoms with Crippen LogP contribution in [0.25, 0.3) is 6.08 Å². The van der Waals surface area contributed by atoms with Crippen LogP contribution in [0.4, 0.5) is 11.4 Å². The van der Waals surface area contributed by atoms with E-state index in [-0.39, 0.29) is 5.91 Å². The highest BCUT2D eigenvalue weighted by Crippen LogP contribution is 2.34. The standard InChI is InChI=1S/C21H21BrClN3OS/c1-4-26(5-2)16-9-6-14(7-10-16)12-19-20(27)25(3)21(28-19)24-15-8-11-17(22)18(23)13-15/h6-13H,4-5H2,1-3H3/b19-12-,24-21?. The van der Waals surface area contributed by atoms with Crippen molar-refractivity contribution in [2.75, 3.05) is 25.0 Å². The molecular formula is C21H21BrClN3OS. The number of amidine groups is 1. The van der Waals surface area contributed by atoms with Gasteiger partial charge in [0.15, 0.2) is 5.17 Å². The van der Waals surface area contributed by atoms with Crippen LogP contribution in [-0.2, 0) is 4.79 Å². The van der Waals surface area contributed by atoms with Crippen molar-refractivity contribution >= 4 is 67.8 Å². The number of halogens is 2. The van der Waals surface area contributed by atoms with Crippen LogP contribution in [0.15, 0.2) is 56.8 Å². The molecule has 0 spiro atoms. The third kappa shape index (κ3) is 4.62. The number of nitrogens with zero attached hydrogens (tertiary/aromatic N) is 3. The molecule has 0 saturated carbocycles. The van der Waals surface area contributed by atoms with E-state index in [2.05, 4.69) is 51.8 Å². The third-order valence-corrected chi connectivity index (χ3v) is 6.74. The summed E-state index contributed by atoms with van der Waals surface area (Å²) in [6.45, 7) is 6.22. The van der Waals surface area contributed by atoms with Crippen molar-refractivity contribution in [3.8, 4) is 0 Å². The lowest BCUT2D eigenvalue weighted by Gasteiger charge is -2.20. The van der Waals surface area contributed by atoms with Gasteiger partial charge in [0.05, 0.1) is 15.6 Å². The van der Waals surface area contributed by atoms with Crippen molar-refractivity contribution in [2.45, 2.75) is 13.8 Å². The van der Waals surface area contributed by atoms with E-state index in [1.54, 1.807) is 18.0 Å². The lowest BCUT2D eigenvalue weighted by molar-refractivity contribution is -0.121. The van der Waals surface area contributed by atoms with Gasteiger partial charge in [0.25, 0.3) is 5.91 Å². The summed E-state index contributed by atoms with van der Waals surface area (Å²) in [5.74, 6) is -0.0558. The average molecular weight is 479 g/mol. The van der Waals surface area contributed by atoms with Crippen molar-refractivity contribution in [1.29, 1.82) is 0 Å². The van der Waals surface area contributed by atoms with E-state index in [0.29, 0.717) is 20.8 Å². The first-order valence-electron chi connectivity index (χ1n) is 8.99. The molecule has 0 atom stereocenters. The first-order chi connectivity index (χ1) is 13.4. The number of amides is 1. The molecule has 146 valence electrons. The molecule has 0 aliphatic carbocycles.